The van der Waals surface area contributed by atoms with Crippen molar-refractivity contribution >= 4 is 47.2 Å². The number of aromatic nitrogens is 4. The summed E-state index contributed by atoms with van der Waals surface area (Å²) in [5, 5.41) is 6.38. The third-order valence-corrected chi connectivity index (χ3v) is 3.92. The number of nitrogens with zero attached hydrogens (tertiary/aromatic N) is 2. The Kier molecular flexibility index (Phi) is 3.26. The predicted octanol–water partition coefficient (Wildman–Crippen LogP) is 3.86. The van der Waals surface area contributed by atoms with E-state index in [-0.39, 0.29) is 0 Å². The van der Waals surface area contributed by atoms with Crippen LogP contribution in [0.4, 0.5) is 0 Å². The molecule has 2 N–H and O–H groups in total. The highest BCUT2D eigenvalue weighted by Gasteiger charge is 2.13. The fourth-order valence-electron chi connectivity index (χ4n) is 1.92. The second-order valence-electron chi connectivity index (χ2n) is 3.89. The van der Waals surface area contributed by atoms with Gasteiger partial charge in [-0.25, -0.2) is 4.68 Å². The quantitative estimate of drug-likeness (QED) is 0.557. The van der Waals surface area contributed by atoms with Gasteiger partial charge in [-0.05, 0) is 30.6 Å². The first-order valence-corrected chi connectivity index (χ1v) is 7.59. The lowest BCUT2D eigenvalue weighted by molar-refractivity contribution is 0.851. The maximum Gasteiger partial charge on any atom is 0.177 e. The van der Waals surface area contributed by atoms with Crippen LogP contribution in [-0.2, 0) is 0 Å². The van der Waals surface area contributed by atoms with E-state index >= 15 is 0 Å². The Morgan fingerprint density at radius 2 is 1.89 bits per heavy atom. The van der Waals surface area contributed by atoms with Crippen LogP contribution in [0.5, 0.6) is 0 Å². The van der Waals surface area contributed by atoms with Gasteiger partial charge < -0.3 is 9.97 Å². The number of thioether (sulfide) groups is 1. The first kappa shape index (κ1) is 12.6. The minimum absolute atomic E-state index is 0.502. The van der Waals surface area contributed by atoms with Crippen LogP contribution in [0.25, 0.3) is 16.7 Å². The summed E-state index contributed by atoms with van der Waals surface area (Å²) >= 11 is 12.1. The lowest BCUT2D eigenvalue weighted by Crippen LogP contribution is -1.98. The standard InChI is InChI=1S/C12H10N4S3/c1-19-11-8-9(13-12(18)14-10(8)17)16(15-11)7-5-3-2-4-6-7/h2-6H,1H3,(H2,13,14,17,18). The first-order valence-electron chi connectivity index (χ1n) is 5.55. The van der Waals surface area contributed by atoms with Crippen LogP contribution in [0.1, 0.15) is 0 Å². The van der Waals surface area contributed by atoms with Crippen LogP contribution in [0.3, 0.4) is 0 Å². The zero-order chi connectivity index (χ0) is 13.4. The van der Waals surface area contributed by atoms with E-state index in [0.29, 0.717) is 9.41 Å². The Morgan fingerprint density at radius 1 is 1.16 bits per heavy atom. The molecule has 4 nitrogen and oxygen atoms in total. The molecule has 0 bridgehead atoms. The Hall–Kier alpha value is -1.44. The average Bonchev–Trinajstić information content (AvgIpc) is 2.78. The van der Waals surface area contributed by atoms with Crippen molar-refractivity contribution in [2.75, 3.05) is 6.26 Å². The summed E-state index contributed by atoms with van der Waals surface area (Å²) in [6, 6.07) is 9.90. The van der Waals surface area contributed by atoms with Gasteiger partial charge >= 0.3 is 0 Å². The van der Waals surface area contributed by atoms with Crippen molar-refractivity contribution in [2.24, 2.45) is 0 Å². The summed E-state index contributed by atoms with van der Waals surface area (Å²) < 4.78 is 2.95. The van der Waals surface area contributed by atoms with Crippen molar-refractivity contribution < 1.29 is 0 Å². The van der Waals surface area contributed by atoms with Crippen molar-refractivity contribution in [3.05, 3.63) is 39.7 Å². The molecule has 96 valence electrons. The largest absolute Gasteiger partial charge is 0.323 e. The zero-order valence-electron chi connectivity index (χ0n) is 10.0. The van der Waals surface area contributed by atoms with Gasteiger partial charge in [0.2, 0.25) is 0 Å². The minimum atomic E-state index is 0.502. The van der Waals surface area contributed by atoms with E-state index in [0.717, 1.165) is 21.7 Å². The van der Waals surface area contributed by atoms with E-state index < -0.39 is 0 Å². The monoisotopic (exact) mass is 306 g/mol. The summed E-state index contributed by atoms with van der Waals surface area (Å²) in [5.74, 6) is 0. The lowest BCUT2D eigenvalue weighted by atomic mass is 10.3. The van der Waals surface area contributed by atoms with Crippen LogP contribution in [0.15, 0.2) is 35.4 Å². The molecule has 0 atom stereocenters. The van der Waals surface area contributed by atoms with Crippen LogP contribution >= 0.6 is 36.2 Å². The second-order valence-corrected chi connectivity index (χ2v) is 5.50. The smallest absolute Gasteiger partial charge is 0.177 e. The fourth-order valence-corrected chi connectivity index (χ4v) is 3.11. The molecule has 0 radical (unpaired) electrons. The average molecular weight is 306 g/mol. The van der Waals surface area contributed by atoms with E-state index in [1.165, 1.54) is 0 Å². The van der Waals surface area contributed by atoms with Gasteiger partial charge in [-0.3, -0.25) is 0 Å². The number of nitrogens with one attached hydrogen (secondary N) is 2. The van der Waals surface area contributed by atoms with E-state index in [2.05, 4.69) is 15.1 Å². The van der Waals surface area contributed by atoms with Crippen LogP contribution in [0.2, 0.25) is 0 Å². The topological polar surface area (TPSA) is 49.4 Å². The highest BCUT2D eigenvalue weighted by atomic mass is 32.2. The number of hydrogen-bond acceptors (Lipinski definition) is 4. The molecule has 0 fully saturated rings. The van der Waals surface area contributed by atoms with Crippen molar-refractivity contribution in [1.29, 1.82) is 0 Å². The Labute approximate surface area is 123 Å². The summed E-state index contributed by atoms with van der Waals surface area (Å²) in [5.41, 5.74) is 1.79. The van der Waals surface area contributed by atoms with Gasteiger partial charge in [0.15, 0.2) is 4.77 Å². The molecule has 2 aromatic heterocycles. The lowest BCUT2D eigenvalue weighted by Gasteiger charge is -2.02. The molecule has 0 saturated carbocycles. The molecule has 0 amide bonds. The maximum absolute atomic E-state index is 5.35. The van der Waals surface area contributed by atoms with Gasteiger partial charge in [-0.15, -0.1) is 11.8 Å². The molecule has 3 rings (SSSR count). The molecule has 3 aromatic rings. The summed E-state index contributed by atoms with van der Waals surface area (Å²) in [4.78, 5) is 6.09. The molecule has 0 spiro atoms. The number of benzene rings is 1. The Morgan fingerprint density at radius 3 is 2.58 bits per heavy atom. The van der Waals surface area contributed by atoms with Crippen molar-refractivity contribution in [3.63, 3.8) is 0 Å². The molecule has 0 aliphatic rings. The van der Waals surface area contributed by atoms with Crippen LogP contribution in [0, 0.1) is 9.41 Å². The highest BCUT2D eigenvalue weighted by Crippen LogP contribution is 2.26. The van der Waals surface area contributed by atoms with Gasteiger partial charge in [0.1, 0.15) is 15.3 Å². The van der Waals surface area contributed by atoms with E-state index in [1.54, 1.807) is 11.8 Å². The number of fused-ring (bicyclic) bond motifs is 1. The highest BCUT2D eigenvalue weighted by molar-refractivity contribution is 7.98. The molecule has 0 aliphatic heterocycles. The van der Waals surface area contributed by atoms with E-state index in [4.69, 9.17) is 24.4 Å². The van der Waals surface area contributed by atoms with Crippen molar-refractivity contribution in [2.45, 2.75) is 5.03 Å². The summed E-state index contributed by atoms with van der Waals surface area (Å²) in [6.07, 6.45) is 1.98. The van der Waals surface area contributed by atoms with Crippen molar-refractivity contribution in [1.82, 2.24) is 19.7 Å². The molecule has 1 aromatic carbocycles. The van der Waals surface area contributed by atoms with Crippen LogP contribution < -0.4 is 0 Å². The number of para-hydroxylation sites is 1. The number of aromatic amines is 2. The normalized spacial score (nSPS) is 11.0. The number of hydrogen-bond donors (Lipinski definition) is 2. The number of rotatable bonds is 2. The predicted molar refractivity (Wildman–Crippen MR) is 83.2 cm³/mol. The number of H-pyrrole nitrogens is 2. The van der Waals surface area contributed by atoms with Gasteiger partial charge in [0.05, 0.1) is 11.1 Å². The van der Waals surface area contributed by atoms with Crippen LogP contribution in [-0.4, -0.2) is 26.0 Å². The SMILES string of the molecule is CSc1nn(-c2ccccc2)c2[nH]c(=S)[nH]c(=S)c12. The summed E-state index contributed by atoms with van der Waals surface area (Å²) in [7, 11) is 0. The summed E-state index contributed by atoms with van der Waals surface area (Å²) in [6.45, 7) is 0. The molecule has 19 heavy (non-hydrogen) atoms. The van der Waals surface area contributed by atoms with Gasteiger partial charge in [0.25, 0.3) is 0 Å². The second kappa shape index (κ2) is 4.92. The Balaban J connectivity index is 2.44. The van der Waals surface area contributed by atoms with Gasteiger partial charge in [0, 0.05) is 0 Å². The molecule has 2 heterocycles. The molecule has 0 aliphatic carbocycles. The van der Waals surface area contributed by atoms with Gasteiger partial charge in [-0.1, -0.05) is 30.4 Å². The molecular weight excluding hydrogens is 296 g/mol. The van der Waals surface area contributed by atoms with E-state index in [9.17, 15) is 0 Å². The molecule has 7 heteroatoms. The van der Waals surface area contributed by atoms with Crippen molar-refractivity contribution in [3.8, 4) is 5.69 Å². The molecule has 0 unspecified atom stereocenters. The molecular formula is C12H10N4S3. The van der Waals surface area contributed by atoms with Gasteiger partial charge in [-0.2, -0.15) is 5.10 Å². The first-order chi connectivity index (χ1) is 9.20. The third-order valence-electron chi connectivity index (χ3n) is 2.73. The fraction of sp³-hybridized carbons (Fsp3) is 0.0833. The maximum atomic E-state index is 5.35. The third kappa shape index (κ3) is 2.13. The Bertz CT molecular complexity index is 845. The minimum Gasteiger partial charge on any atom is -0.323 e. The van der Waals surface area contributed by atoms with E-state index in [1.807, 2.05) is 41.3 Å². The zero-order valence-corrected chi connectivity index (χ0v) is 12.5. The molecule has 0 saturated heterocycles.